The van der Waals surface area contributed by atoms with Crippen molar-refractivity contribution in [3.8, 4) is 0 Å². The number of pyridine rings is 1. The number of carbonyl (C=O) groups is 2. The predicted octanol–water partition coefficient (Wildman–Crippen LogP) is 0.721. The van der Waals surface area contributed by atoms with Crippen LogP contribution in [0.3, 0.4) is 0 Å². The molecule has 26 heavy (non-hydrogen) atoms. The first-order valence-electron chi connectivity index (χ1n) is 8.36. The van der Waals surface area contributed by atoms with Crippen LogP contribution in [0.1, 0.15) is 16.9 Å². The number of amides is 1. The Kier molecular flexibility index (Phi) is 5.57. The summed E-state index contributed by atoms with van der Waals surface area (Å²) in [5, 5.41) is 11.8. The molecule has 1 aliphatic heterocycles. The quantitative estimate of drug-likeness (QED) is 0.779. The molecule has 3 heterocycles. The van der Waals surface area contributed by atoms with Gasteiger partial charge in [-0.2, -0.15) is 0 Å². The lowest BCUT2D eigenvalue weighted by atomic mass is 10.2. The zero-order valence-corrected chi connectivity index (χ0v) is 14.2. The van der Waals surface area contributed by atoms with Gasteiger partial charge >= 0.3 is 5.97 Å². The third kappa shape index (κ3) is 4.44. The van der Waals surface area contributed by atoms with Gasteiger partial charge in [-0.3, -0.25) is 4.79 Å². The number of rotatable bonds is 6. The summed E-state index contributed by atoms with van der Waals surface area (Å²) in [6, 6.07) is 5.81. The van der Waals surface area contributed by atoms with Crippen LogP contribution in [0.15, 0.2) is 36.8 Å². The molecule has 2 N–H and O–H groups in total. The number of hydrogen-bond acceptors (Lipinski definition) is 7. The zero-order chi connectivity index (χ0) is 18.4. The third-order valence-corrected chi connectivity index (χ3v) is 4.12. The molecule has 3 rings (SSSR count). The van der Waals surface area contributed by atoms with Crippen LogP contribution in [-0.4, -0.2) is 69.6 Å². The highest BCUT2D eigenvalue weighted by Crippen LogP contribution is 2.13. The molecule has 0 bridgehead atoms. The van der Waals surface area contributed by atoms with E-state index in [4.69, 9.17) is 5.11 Å². The molecule has 0 atom stereocenters. The van der Waals surface area contributed by atoms with Gasteiger partial charge in [-0.1, -0.05) is 6.07 Å². The summed E-state index contributed by atoms with van der Waals surface area (Å²) in [7, 11) is 0. The molecular formula is C17H20N6O3. The summed E-state index contributed by atoms with van der Waals surface area (Å²) < 4.78 is 0. The van der Waals surface area contributed by atoms with Crippen molar-refractivity contribution < 1.29 is 14.7 Å². The predicted molar refractivity (Wildman–Crippen MR) is 95.1 cm³/mol. The van der Waals surface area contributed by atoms with Crippen LogP contribution in [0.4, 0.5) is 11.6 Å². The minimum absolute atomic E-state index is 0.0771. The van der Waals surface area contributed by atoms with E-state index in [9.17, 15) is 9.59 Å². The molecule has 1 fully saturated rings. The maximum atomic E-state index is 12.3. The zero-order valence-electron chi connectivity index (χ0n) is 14.2. The normalized spacial score (nSPS) is 14.2. The van der Waals surface area contributed by atoms with Gasteiger partial charge < -0.3 is 20.2 Å². The number of carboxylic acids is 1. The van der Waals surface area contributed by atoms with Crippen molar-refractivity contribution in [2.24, 2.45) is 0 Å². The second kappa shape index (κ2) is 8.24. The van der Waals surface area contributed by atoms with Crippen molar-refractivity contribution in [3.05, 3.63) is 42.5 Å². The maximum absolute atomic E-state index is 12.3. The lowest BCUT2D eigenvalue weighted by Gasteiger charge is -2.35. The molecule has 0 radical (unpaired) electrons. The molecule has 1 aliphatic rings. The minimum Gasteiger partial charge on any atom is -0.476 e. The second-order valence-corrected chi connectivity index (χ2v) is 5.82. The molecule has 0 saturated carbocycles. The van der Waals surface area contributed by atoms with Crippen molar-refractivity contribution in [1.29, 1.82) is 0 Å². The van der Waals surface area contributed by atoms with Crippen molar-refractivity contribution in [1.82, 2.24) is 19.9 Å². The monoisotopic (exact) mass is 356 g/mol. The Bertz CT molecular complexity index is 745. The highest BCUT2D eigenvalue weighted by molar-refractivity contribution is 5.84. The number of aromatic nitrogens is 3. The lowest BCUT2D eigenvalue weighted by Crippen LogP contribution is -2.49. The Labute approximate surface area is 150 Å². The fraction of sp³-hybridized carbons (Fsp3) is 0.353. The Morgan fingerprint density at radius 1 is 1.08 bits per heavy atom. The maximum Gasteiger partial charge on any atom is 0.356 e. The van der Waals surface area contributed by atoms with Gasteiger partial charge in [-0.25, -0.2) is 19.7 Å². The van der Waals surface area contributed by atoms with Gasteiger partial charge in [0.25, 0.3) is 0 Å². The number of anilines is 2. The number of nitrogens with one attached hydrogen (secondary N) is 1. The first kappa shape index (κ1) is 17.6. The summed E-state index contributed by atoms with van der Waals surface area (Å²) in [4.78, 5) is 39.1. The van der Waals surface area contributed by atoms with Crippen LogP contribution in [-0.2, 0) is 4.79 Å². The molecule has 2 aromatic rings. The largest absolute Gasteiger partial charge is 0.476 e. The van der Waals surface area contributed by atoms with Crippen LogP contribution in [0.5, 0.6) is 0 Å². The molecular weight excluding hydrogens is 336 g/mol. The molecule has 1 amide bonds. The van der Waals surface area contributed by atoms with E-state index in [2.05, 4.69) is 25.2 Å². The lowest BCUT2D eigenvalue weighted by molar-refractivity contribution is -0.131. The van der Waals surface area contributed by atoms with Crippen molar-refractivity contribution in [2.45, 2.75) is 6.42 Å². The second-order valence-electron chi connectivity index (χ2n) is 5.82. The fourth-order valence-electron chi connectivity index (χ4n) is 2.71. The third-order valence-electron chi connectivity index (χ3n) is 4.12. The summed E-state index contributed by atoms with van der Waals surface area (Å²) >= 11 is 0. The van der Waals surface area contributed by atoms with Crippen LogP contribution >= 0.6 is 0 Å². The Hall–Kier alpha value is -3.23. The minimum atomic E-state index is -1.12. The van der Waals surface area contributed by atoms with Crippen molar-refractivity contribution in [2.75, 3.05) is 42.9 Å². The van der Waals surface area contributed by atoms with Gasteiger partial charge in [0.1, 0.15) is 11.6 Å². The number of carboxylic acid groups (broad SMARTS) is 1. The van der Waals surface area contributed by atoms with Crippen molar-refractivity contribution in [3.63, 3.8) is 0 Å². The summed E-state index contributed by atoms with van der Waals surface area (Å²) in [6.45, 7) is 3.28. The van der Waals surface area contributed by atoms with E-state index in [1.807, 2.05) is 23.1 Å². The number of hydrogen-bond donors (Lipinski definition) is 2. The van der Waals surface area contributed by atoms with E-state index in [1.165, 1.54) is 12.4 Å². The highest BCUT2D eigenvalue weighted by atomic mass is 16.4. The van der Waals surface area contributed by atoms with Gasteiger partial charge in [0.15, 0.2) is 5.69 Å². The van der Waals surface area contributed by atoms with Crippen molar-refractivity contribution >= 4 is 23.5 Å². The van der Waals surface area contributed by atoms with Gasteiger partial charge in [-0.15, -0.1) is 0 Å². The molecule has 2 aromatic heterocycles. The topological polar surface area (TPSA) is 112 Å². The Morgan fingerprint density at radius 3 is 2.50 bits per heavy atom. The molecule has 0 unspecified atom stereocenters. The number of piperazine rings is 1. The van der Waals surface area contributed by atoms with Crippen LogP contribution in [0.25, 0.3) is 0 Å². The molecule has 0 spiro atoms. The molecule has 0 aliphatic carbocycles. The van der Waals surface area contributed by atoms with E-state index >= 15 is 0 Å². The average molecular weight is 356 g/mol. The molecule has 9 heteroatoms. The standard InChI is InChI=1S/C17H20N6O3/c24-16(4-6-18-14-12-20-13(11-21-14)17(25)26)23-9-7-22(8-10-23)15-3-1-2-5-19-15/h1-3,5,11-12H,4,6-10H2,(H,18,21)(H,25,26). The van der Waals surface area contributed by atoms with Gasteiger partial charge in [0.05, 0.1) is 12.4 Å². The van der Waals surface area contributed by atoms with Gasteiger partial charge in [0, 0.05) is 45.3 Å². The van der Waals surface area contributed by atoms with Crippen LogP contribution in [0.2, 0.25) is 0 Å². The summed E-state index contributed by atoms with van der Waals surface area (Å²) in [5.74, 6) is 0.338. The first-order valence-corrected chi connectivity index (χ1v) is 8.36. The molecule has 0 aromatic carbocycles. The van der Waals surface area contributed by atoms with E-state index in [1.54, 1.807) is 6.20 Å². The summed E-state index contributed by atoms with van der Waals surface area (Å²) in [6.07, 6.45) is 4.64. The molecule has 136 valence electrons. The number of nitrogens with zero attached hydrogens (tertiary/aromatic N) is 5. The van der Waals surface area contributed by atoms with Gasteiger partial charge in [0.2, 0.25) is 5.91 Å². The fourth-order valence-corrected chi connectivity index (χ4v) is 2.71. The van der Waals surface area contributed by atoms with E-state index in [0.717, 1.165) is 18.9 Å². The average Bonchev–Trinajstić information content (AvgIpc) is 2.69. The van der Waals surface area contributed by atoms with E-state index in [-0.39, 0.29) is 11.6 Å². The first-order chi connectivity index (χ1) is 12.6. The highest BCUT2D eigenvalue weighted by Gasteiger charge is 2.21. The van der Waals surface area contributed by atoms with E-state index in [0.29, 0.717) is 31.9 Å². The molecule has 1 saturated heterocycles. The smallest absolute Gasteiger partial charge is 0.356 e. The van der Waals surface area contributed by atoms with Crippen LogP contribution < -0.4 is 10.2 Å². The van der Waals surface area contributed by atoms with Gasteiger partial charge in [-0.05, 0) is 12.1 Å². The SMILES string of the molecule is O=C(O)c1cnc(NCCC(=O)N2CCN(c3ccccn3)CC2)cn1. The number of carbonyl (C=O) groups excluding carboxylic acids is 1. The van der Waals surface area contributed by atoms with Crippen LogP contribution in [0, 0.1) is 0 Å². The number of aromatic carboxylic acids is 1. The van der Waals surface area contributed by atoms with E-state index < -0.39 is 5.97 Å². The Morgan fingerprint density at radius 2 is 1.88 bits per heavy atom. The molecule has 9 nitrogen and oxygen atoms in total. The Balaban J connectivity index is 1.41. The summed E-state index contributed by atoms with van der Waals surface area (Å²) in [5.41, 5.74) is -0.114.